The Morgan fingerprint density at radius 1 is 1.17 bits per heavy atom. The molecular weight excluding hydrogens is 372 g/mol. The average molecular weight is 387 g/mol. The minimum Gasteiger partial charge on any atom is -0.316 e. The lowest BCUT2D eigenvalue weighted by Crippen LogP contribution is -2.16. The first-order valence-corrected chi connectivity index (χ1v) is 10.6. The number of aromatic nitrogens is 1. The quantitative estimate of drug-likeness (QED) is 0.671. The second-order valence-corrected chi connectivity index (χ2v) is 9.43. The number of aryl methyl sites for hydroxylation is 2. The molecule has 0 aliphatic carbocycles. The number of nitrogens with zero attached hydrogens (tertiary/aromatic N) is 2. The maximum absolute atomic E-state index is 12.5. The highest BCUT2D eigenvalue weighted by Crippen LogP contribution is 2.27. The Morgan fingerprint density at radius 2 is 1.96 bits per heavy atom. The van der Waals surface area contributed by atoms with E-state index in [0.29, 0.717) is 15.7 Å². The zero-order chi connectivity index (χ0) is 16.6. The van der Waals surface area contributed by atoms with Gasteiger partial charge in [0.2, 0.25) is 4.80 Å². The molecule has 0 radical (unpaired) electrons. The van der Waals surface area contributed by atoms with E-state index in [1.807, 2.05) is 23.6 Å². The molecule has 2 aromatic heterocycles. The van der Waals surface area contributed by atoms with Gasteiger partial charge in [-0.3, -0.25) is 0 Å². The summed E-state index contributed by atoms with van der Waals surface area (Å²) < 4.78 is 32.7. The first-order valence-electron chi connectivity index (χ1n) is 7.14. The maximum atomic E-state index is 12.5. The fourth-order valence-corrected chi connectivity index (χ4v) is 6.24. The third kappa shape index (κ3) is 3.10. The topological polar surface area (TPSA) is 51.4 Å². The minimum atomic E-state index is -3.74. The van der Waals surface area contributed by atoms with Gasteiger partial charge in [-0.05, 0) is 37.1 Å². The minimum absolute atomic E-state index is 0.165. The van der Waals surface area contributed by atoms with Crippen molar-refractivity contribution in [2.45, 2.75) is 31.0 Å². The van der Waals surface area contributed by atoms with E-state index >= 15 is 0 Å². The Hall–Kier alpha value is -1.15. The third-order valence-electron chi connectivity index (χ3n) is 3.48. The van der Waals surface area contributed by atoms with Crippen molar-refractivity contribution in [2.75, 3.05) is 0 Å². The van der Waals surface area contributed by atoms with Crippen molar-refractivity contribution in [1.29, 1.82) is 0 Å². The summed E-state index contributed by atoms with van der Waals surface area (Å²) in [5.74, 6) is 0. The Balaban J connectivity index is 2.28. The molecule has 3 rings (SSSR count). The second-order valence-electron chi connectivity index (χ2n) is 4.87. The summed E-state index contributed by atoms with van der Waals surface area (Å²) in [4.78, 5) is 0.493. The van der Waals surface area contributed by atoms with E-state index in [4.69, 9.17) is 11.6 Å². The van der Waals surface area contributed by atoms with Crippen LogP contribution in [-0.2, 0) is 23.0 Å². The molecular formula is C15H15ClN2O2S3. The van der Waals surface area contributed by atoms with Crippen LogP contribution in [0.5, 0.6) is 0 Å². The number of rotatable bonds is 4. The van der Waals surface area contributed by atoms with Crippen LogP contribution >= 0.6 is 34.3 Å². The van der Waals surface area contributed by atoms with E-state index in [2.05, 4.69) is 17.4 Å². The zero-order valence-electron chi connectivity index (χ0n) is 12.6. The molecule has 0 amide bonds. The molecule has 23 heavy (non-hydrogen) atoms. The maximum Gasteiger partial charge on any atom is 0.294 e. The molecule has 122 valence electrons. The Kier molecular flexibility index (Phi) is 4.64. The van der Waals surface area contributed by atoms with Gasteiger partial charge in [0.05, 0.1) is 14.6 Å². The predicted molar refractivity (Wildman–Crippen MR) is 96.9 cm³/mol. The molecule has 0 bridgehead atoms. The Bertz CT molecular complexity index is 1030. The van der Waals surface area contributed by atoms with Gasteiger partial charge < -0.3 is 4.57 Å². The van der Waals surface area contributed by atoms with Crippen LogP contribution < -0.4 is 4.80 Å². The average Bonchev–Trinajstić information content (AvgIpc) is 3.09. The highest BCUT2D eigenvalue weighted by molar-refractivity contribution is 7.92. The molecule has 0 spiro atoms. The number of sulfonamides is 1. The lowest BCUT2D eigenvalue weighted by molar-refractivity contribution is 0.597. The lowest BCUT2D eigenvalue weighted by atomic mass is 10.1. The summed E-state index contributed by atoms with van der Waals surface area (Å²) in [5.41, 5.74) is 2.26. The Labute approximate surface area is 147 Å². The van der Waals surface area contributed by atoms with Gasteiger partial charge >= 0.3 is 0 Å². The van der Waals surface area contributed by atoms with Crippen molar-refractivity contribution in [1.82, 2.24) is 4.57 Å². The highest BCUT2D eigenvalue weighted by Gasteiger charge is 2.17. The molecule has 0 fully saturated rings. The van der Waals surface area contributed by atoms with Crippen LogP contribution in [0.1, 0.15) is 19.4 Å². The number of fused-ring (bicyclic) bond motifs is 1. The SMILES string of the molecule is CCc1cccc2s/c(=N\S(=O)(=O)c3ccc(Cl)s3)n(CC)c12. The van der Waals surface area contributed by atoms with Crippen molar-refractivity contribution < 1.29 is 8.42 Å². The first-order chi connectivity index (χ1) is 11.0. The first kappa shape index (κ1) is 16.7. The molecule has 2 heterocycles. The van der Waals surface area contributed by atoms with Gasteiger partial charge in [-0.15, -0.1) is 15.7 Å². The molecule has 0 aliphatic rings. The largest absolute Gasteiger partial charge is 0.316 e. The van der Waals surface area contributed by atoms with E-state index < -0.39 is 10.0 Å². The Morgan fingerprint density at radius 3 is 2.57 bits per heavy atom. The molecule has 4 nitrogen and oxygen atoms in total. The summed E-state index contributed by atoms with van der Waals surface area (Å²) in [5, 5.41) is 0. The summed E-state index contributed by atoms with van der Waals surface area (Å²) in [6, 6.07) is 9.13. The van der Waals surface area contributed by atoms with Gasteiger partial charge in [0.25, 0.3) is 10.0 Å². The van der Waals surface area contributed by atoms with Crippen LogP contribution in [0.3, 0.4) is 0 Å². The van der Waals surface area contributed by atoms with E-state index in [1.165, 1.54) is 23.0 Å². The number of hydrogen-bond donors (Lipinski definition) is 0. The predicted octanol–water partition coefficient (Wildman–Crippen LogP) is 4.29. The lowest BCUT2D eigenvalue weighted by Gasteiger charge is -2.05. The number of halogens is 1. The molecule has 0 saturated carbocycles. The van der Waals surface area contributed by atoms with Crippen molar-refractivity contribution in [3.63, 3.8) is 0 Å². The third-order valence-corrected chi connectivity index (χ3v) is 7.61. The monoisotopic (exact) mass is 386 g/mol. The molecule has 8 heteroatoms. The highest BCUT2D eigenvalue weighted by atomic mass is 35.5. The molecule has 0 aliphatic heterocycles. The number of para-hydroxylation sites is 1. The van der Waals surface area contributed by atoms with Crippen LogP contribution in [0, 0.1) is 0 Å². The number of hydrogen-bond acceptors (Lipinski definition) is 4. The molecule has 0 atom stereocenters. The summed E-state index contributed by atoms with van der Waals surface area (Å²) in [6.45, 7) is 4.75. The van der Waals surface area contributed by atoms with Crippen molar-refractivity contribution in [3.05, 3.63) is 45.0 Å². The normalized spacial score (nSPS) is 13.1. The zero-order valence-corrected chi connectivity index (χ0v) is 15.8. The van der Waals surface area contributed by atoms with Gasteiger partial charge in [-0.1, -0.05) is 42.0 Å². The fraction of sp³-hybridized carbons (Fsp3) is 0.267. The smallest absolute Gasteiger partial charge is 0.294 e. The van der Waals surface area contributed by atoms with Gasteiger partial charge in [0.1, 0.15) is 4.21 Å². The standard InChI is InChI=1S/C15H15ClN2O2S3/c1-3-10-6-5-7-11-14(10)18(4-2)15(21-11)17-23(19,20)13-9-8-12(16)22-13/h5-9H,3-4H2,1-2H3/b17-15-. The number of thiazole rings is 1. The van der Waals surface area contributed by atoms with Crippen LogP contribution in [-0.4, -0.2) is 13.0 Å². The molecule has 0 unspecified atom stereocenters. The summed E-state index contributed by atoms with van der Waals surface area (Å²) in [7, 11) is -3.74. The molecule has 0 saturated heterocycles. The molecule has 0 N–H and O–H groups in total. The van der Waals surface area contributed by atoms with Crippen molar-refractivity contribution in [3.8, 4) is 0 Å². The van der Waals surface area contributed by atoms with Gasteiger partial charge in [0.15, 0.2) is 0 Å². The second kappa shape index (κ2) is 6.39. The van der Waals surface area contributed by atoms with Crippen LogP contribution in [0.15, 0.2) is 38.9 Å². The van der Waals surface area contributed by atoms with E-state index in [-0.39, 0.29) is 4.21 Å². The van der Waals surface area contributed by atoms with Crippen LogP contribution in [0.2, 0.25) is 4.34 Å². The van der Waals surface area contributed by atoms with E-state index in [0.717, 1.165) is 28.0 Å². The number of benzene rings is 1. The van der Waals surface area contributed by atoms with Gasteiger partial charge in [0, 0.05) is 6.54 Å². The molecule has 3 aromatic rings. The summed E-state index contributed by atoms with van der Waals surface area (Å²) >= 11 is 8.26. The van der Waals surface area contributed by atoms with Crippen molar-refractivity contribution in [2.24, 2.45) is 4.40 Å². The van der Waals surface area contributed by atoms with Gasteiger partial charge in [-0.25, -0.2) is 0 Å². The van der Waals surface area contributed by atoms with E-state index in [9.17, 15) is 8.42 Å². The molecule has 1 aromatic carbocycles. The fourth-order valence-electron chi connectivity index (χ4n) is 2.44. The van der Waals surface area contributed by atoms with Crippen LogP contribution in [0.25, 0.3) is 10.2 Å². The summed E-state index contributed by atoms with van der Waals surface area (Å²) in [6.07, 6.45) is 0.890. The number of thiophene rings is 1. The van der Waals surface area contributed by atoms with Crippen molar-refractivity contribution >= 4 is 54.5 Å². The van der Waals surface area contributed by atoms with E-state index in [1.54, 1.807) is 6.07 Å². The van der Waals surface area contributed by atoms with Gasteiger partial charge in [-0.2, -0.15) is 8.42 Å². The van der Waals surface area contributed by atoms with Crippen LogP contribution in [0.4, 0.5) is 0 Å².